The van der Waals surface area contributed by atoms with Crippen LogP contribution in [0.1, 0.15) is 19.3 Å². The third-order valence-corrected chi connectivity index (χ3v) is 5.67. The van der Waals surface area contributed by atoms with Crippen LogP contribution in [-0.2, 0) is 10.0 Å². The number of piperidine rings is 1. The van der Waals surface area contributed by atoms with Crippen molar-refractivity contribution in [2.45, 2.75) is 24.2 Å². The van der Waals surface area contributed by atoms with Crippen molar-refractivity contribution < 1.29 is 12.8 Å². The molecule has 0 bridgehead atoms. The molecule has 1 aliphatic rings. The van der Waals surface area contributed by atoms with Gasteiger partial charge in [0.25, 0.3) is 0 Å². The summed E-state index contributed by atoms with van der Waals surface area (Å²) in [6.07, 6.45) is 3.04. The van der Waals surface area contributed by atoms with Crippen LogP contribution in [0.2, 0.25) is 0 Å². The molecule has 1 fully saturated rings. The average Bonchev–Trinajstić information content (AvgIpc) is 2.45. The van der Waals surface area contributed by atoms with Gasteiger partial charge in [-0.1, -0.05) is 6.07 Å². The van der Waals surface area contributed by atoms with Gasteiger partial charge >= 0.3 is 0 Å². The summed E-state index contributed by atoms with van der Waals surface area (Å²) in [5, 5.41) is 3.29. The number of hydrogen-bond donors (Lipinski definition) is 1. The summed E-state index contributed by atoms with van der Waals surface area (Å²) in [6, 6.07) is 5.16. The SMILES string of the molecule is CN(CCC1CCNCC1)S(=O)(=O)c1cccc(F)c1. The van der Waals surface area contributed by atoms with Gasteiger partial charge in [0.1, 0.15) is 5.82 Å². The lowest BCUT2D eigenvalue weighted by atomic mass is 9.95. The molecule has 0 radical (unpaired) electrons. The first-order valence-electron chi connectivity index (χ1n) is 6.93. The standard InChI is InChI=1S/C14H21FN2O2S/c1-17(10-7-12-5-8-16-9-6-12)20(18,19)14-4-2-3-13(15)11-14/h2-4,11-12,16H,5-10H2,1H3. The minimum absolute atomic E-state index is 0.0188. The molecule has 0 saturated carbocycles. The van der Waals surface area contributed by atoms with Crippen molar-refractivity contribution >= 4 is 10.0 Å². The minimum atomic E-state index is -3.58. The van der Waals surface area contributed by atoms with Gasteiger partial charge in [0.05, 0.1) is 4.90 Å². The van der Waals surface area contributed by atoms with E-state index in [9.17, 15) is 12.8 Å². The quantitative estimate of drug-likeness (QED) is 0.902. The van der Waals surface area contributed by atoms with Crippen LogP contribution in [0.4, 0.5) is 4.39 Å². The third kappa shape index (κ3) is 3.77. The summed E-state index contributed by atoms with van der Waals surface area (Å²) >= 11 is 0. The van der Waals surface area contributed by atoms with Gasteiger partial charge in [-0.25, -0.2) is 17.1 Å². The molecule has 1 aromatic carbocycles. The van der Waals surface area contributed by atoms with Crippen LogP contribution < -0.4 is 5.32 Å². The molecule has 2 rings (SSSR count). The van der Waals surface area contributed by atoms with Crippen LogP contribution in [0, 0.1) is 11.7 Å². The Morgan fingerprint density at radius 2 is 2.05 bits per heavy atom. The lowest BCUT2D eigenvalue weighted by Crippen LogP contribution is -2.32. The highest BCUT2D eigenvalue weighted by Crippen LogP contribution is 2.19. The predicted octanol–water partition coefficient (Wildman–Crippen LogP) is 1.84. The maximum atomic E-state index is 13.1. The van der Waals surface area contributed by atoms with Gasteiger partial charge < -0.3 is 5.32 Å². The van der Waals surface area contributed by atoms with E-state index in [4.69, 9.17) is 0 Å². The van der Waals surface area contributed by atoms with E-state index in [2.05, 4.69) is 5.32 Å². The van der Waals surface area contributed by atoms with Gasteiger partial charge in [0.15, 0.2) is 0 Å². The number of hydrogen-bond acceptors (Lipinski definition) is 3. The Balaban J connectivity index is 1.98. The van der Waals surface area contributed by atoms with Crippen molar-refractivity contribution in [2.75, 3.05) is 26.7 Å². The molecule has 1 aromatic rings. The van der Waals surface area contributed by atoms with Gasteiger partial charge in [-0.3, -0.25) is 0 Å². The predicted molar refractivity (Wildman–Crippen MR) is 76.4 cm³/mol. The Morgan fingerprint density at radius 3 is 2.70 bits per heavy atom. The normalized spacial score (nSPS) is 17.6. The Bertz CT molecular complexity index is 542. The van der Waals surface area contributed by atoms with E-state index in [1.807, 2.05) is 0 Å². The van der Waals surface area contributed by atoms with Crippen molar-refractivity contribution in [3.05, 3.63) is 30.1 Å². The second-order valence-corrected chi connectivity index (χ2v) is 7.31. The monoisotopic (exact) mass is 300 g/mol. The number of benzene rings is 1. The molecule has 0 spiro atoms. The summed E-state index contributed by atoms with van der Waals surface area (Å²) in [4.78, 5) is 0.0188. The highest BCUT2D eigenvalue weighted by molar-refractivity contribution is 7.89. The maximum Gasteiger partial charge on any atom is 0.242 e. The van der Waals surface area contributed by atoms with Gasteiger partial charge in [-0.05, 0) is 56.5 Å². The highest BCUT2D eigenvalue weighted by atomic mass is 32.2. The molecule has 0 unspecified atom stereocenters. The van der Waals surface area contributed by atoms with Crippen molar-refractivity contribution in [1.82, 2.24) is 9.62 Å². The number of nitrogens with zero attached hydrogens (tertiary/aromatic N) is 1. The van der Waals surface area contributed by atoms with Crippen molar-refractivity contribution in [1.29, 1.82) is 0 Å². The smallest absolute Gasteiger partial charge is 0.242 e. The summed E-state index contributed by atoms with van der Waals surface area (Å²) in [5.41, 5.74) is 0. The van der Waals surface area contributed by atoms with Crippen molar-refractivity contribution in [3.63, 3.8) is 0 Å². The summed E-state index contributed by atoms with van der Waals surface area (Å²) in [7, 11) is -2.03. The van der Waals surface area contributed by atoms with Crippen LogP contribution in [0.3, 0.4) is 0 Å². The largest absolute Gasteiger partial charge is 0.317 e. The second kappa shape index (κ2) is 6.65. The Morgan fingerprint density at radius 1 is 1.35 bits per heavy atom. The molecule has 1 N–H and O–H groups in total. The van der Waals surface area contributed by atoms with E-state index in [1.54, 1.807) is 7.05 Å². The molecule has 0 amide bonds. The summed E-state index contributed by atoms with van der Waals surface area (Å²) < 4.78 is 39.1. The summed E-state index contributed by atoms with van der Waals surface area (Å²) in [6.45, 7) is 2.49. The maximum absolute atomic E-state index is 13.1. The van der Waals surface area contributed by atoms with Crippen LogP contribution in [-0.4, -0.2) is 39.4 Å². The molecule has 0 aliphatic carbocycles. The van der Waals surface area contributed by atoms with Crippen LogP contribution in [0.5, 0.6) is 0 Å². The topological polar surface area (TPSA) is 49.4 Å². The average molecular weight is 300 g/mol. The van der Waals surface area contributed by atoms with Crippen LogP contribution in [0.15, 0.2) is 29.2 Å². The van der Waals surface area contributed by atoms with E-state index in [0.29, 0.717) is 12.5 Å². The molecule has 4 nitrogen and oxygen atoms in total. The molecular weight excluding hydrogens is 279 g/mol. The number of nitrogens with one attached hydrogen (secondary N) is 1. The van der Waals surface area contributed by atoms with E-state index in [-0.39, 0.29) is 4.90 Å². The highest BCUT2D eigenvalue weighted by Gasteiger charge is 2.22. The van der Waals surface area contributed by atoms with E-state index in [1.165, 1.54) is 22.5 Å². The fourth-order valence-corrected chi connectivity index (χ4v) is 3.68. The molecule has 0 aromatic heterocycles. The number of halogens is 1. The van der Waals surface area contributed by atoms with E-state index in [0.717, 1.165) is 38.4 Å². The zero-order valence-corrected chi connectivity index (χ0v) is 12.5. The van der Waals surface area contributed by atoms with Crippen molar-refractivity contribution in [3.8, 4) is 0 Å². The molecule has 112 valence electrons. The Labute approximate surface area is 120 Å². The first-order valence-corrected chi connectivity index (χ1v) is 8.37. The molecule has 1 aliphatic heterocycles. The lowest BCUT2D eigenvalue weighted by Gasteiger charge is -2.25. The van der Waals surface area contributed by atoms with Gasteiger partial charge in [-0.15, -0.1) is 0 Å². The van der Waals surface area contributed by atoms with Crippen LogP contribution in [0.25, 0.3) is 0 Å². The van der Waals surface area contributed by atoms with E-state index < -0.39 is 15.8 Å². The molecule has 1 saturated heterocycles. The van der Waals surface area contributed by atoms with Gasteiger partial charge in [-0.2, -0.15) is 0 Å². The molecule has 1 heterocycles. The minimum Gasteiger partial charge on any atom is -0.317 e. The summed E-state index contributed by atoms with van der Waals surface area (Å²) in [5.74, 6) is 0.0410. The fraction of sp³-hybridized carbons (Fsp3) is 0.571. The Kier molecular flexibility index (Phi) is 5.12. The Hall–Kier alpha value is -0.980. The first kappa shape index (κ1) is 15.4. The fourth-order valence-electron chi connectivity index (χ4n) is 2.46. The molecular formula is C14H21FN2O2S. The molecule has 0 atom stereocenters. The second-order valence-electron chi connectivity index (χ2n) is 5.27. The lowest BCUT2D eigenvalue weighted by molar-refractivity contribution is 0.326. The third-order valence-electron chi connectivity index (χ3n) is 3.82. The zero-order valence-electron chi connectivity index (χ0n) is 11.7. The number of rotatable bonds is 5. The van der Waals surface area contributed by atoms with E-state index >= 15 is 0 Å². The van der Waals surface area contributed by atoms with Gasteiger partial charge in [0.2, 0.25) is 10.0 Å². The molecule has 20 heavy (non-hydrogen) atoms. The van der Waals surface area contributed by atoms with Gasteiger partial charge in [0, 0.05) is 13.6 Å². The van der Waals surface area contributed by atoms with Crippen molar-refractivity contribution in [2.24, 2.45) is 5.92 Å². The molecule has 6 heteroatoms. The zero-order chi connectivity index (χ0) is 14.6. The number of sulfonamides is 1. The van der Waals surface area contributed by atoms with Crippen LogP contribution >= 0.6 is 0 Å². The first-order chi connectivity index (χ1) is 9.50.